The van der Waals surface area contributed by atoms with Gasteiger partial charge in [0.15, 0.2) is 0 Å². The Morgan fingerprint density at radius 3 is 2.17 bits per heavy atom. The minimum Gasteiger partial charge on any atom is -0.489 e. The molecule has 150 valence electrons. The van der Waals surface area contributed by atoms with Crippen molar-refractivity contribution in [1.82, 2.24) is 5.01 Å². The van der Waals surface area contributed by atoms with Crippen molar-refractivity contribution in [3.63, 3.8) is 0 Å². The molecule has 2 aromatic carbocycles. The number of imide groups is 1. The molecule has 0 N–H and O–H groups in total. The Morgan fingerprint density at radius 2 is 1.53 bits per heavy atom. The molecular weight excluding hydrogens is 376 g/mol. The first-order chi connectivity index (χ1) is 14.7. The molecule has 0 aromatic heterocycles. The predicted molar refractivity (Wildman–Crippen MR) is 111 cm³/mol. The fraction of sp³-hybridized carbons (Fsp3) is 0.320. The molecule has 2 bridgehead atoms. The standard InChI is InChI=1S/C25H22N2O3/c28-24-22-18-10-11-19(21-12-20(18)21)23(22)25(29)27(24)26-13-15-6-8-17(9-7-15)30-14-16-4-2-1-3-5-16/h1-11,13,18-23H,12,14H2/b26-13-/t18-,19-,20-,21+,22-,23+/m1/s1. The van der Waals surface area contributed by atoms with Crippen LogP contribution in [-0.4, -0.2) is 23.0 Å². The summed E-state index contributed by atoms with van der Waals surface area (Å²) in [5, 5.41) is 5.40. The second kappa shape index (κ2) is 6.66. The lowest BCUT2D eigenvalue weighted by Gasteiger charge is -2.37. The Morgan fingerprint density at radius 1 is 0.900 bits per heavy atom. The average molecular weight is 398 g/mol. The van der Waals surface area contributed by atoms with E-state index in [0.29, 0.717) is 18.4 Å². The summed E-state index contributed by atoms with van der Waals surface area (Å²) in [4.78, 5) is 25.9. The van der Waals surface area contributed by atoms with E-state index in [1.165, 1.54) is 0 Å². The summed E-state index contributed by atoms with van der Waals surface area (Å²) in [6.07, 6.45) is 7.10. The summed E-state index contributed by atoms with van der Waals surface area (Å²) in [5.41, 5.74) is 1.93. The first kappa shape index (κ1) is 17.6. The van der Waals surface area contributed by atoms with Gasteiger partial charge >= 0.3 is 0 Å². The number of hydrazone groups is 1. The molecule has 0 unspecified atom stereocenters. The van der Waals surface area contributed by atoms with Gasteiger partial charge < -0.3 is 4.74 Å². The topological polar surface area (TPSA) is 59.0 Å². The quantitative estimate of drug-likeness (QED) is 0.439. The molecule has 1 heterocycles. The van der Waals surface area contributed by atoms with Crippen LogP contribution in [0.25, 0.3) is 0 Å². The first-order valence-electron chi connectivity index (χ1n) is 10.6. The van der Waals surface area contributed by atoms with Crippen LogP contribution in [0.4, 0.5) is 0 Å². The highest BCUT2D eigenvalue weighted by Crippen LogP contribution is 2.65. The van der Waals surface area contributed by atoms with Crippen LogP contribution in [-0.2, 0) is 16.2 Å². The largest absolute Gasteiger partial charge is 0.489 e. The van der Waals surface area contributed by atoms with Crippen LogP contribution in [0.3, 0.4) is 0 Å². The number of amides is 2. The Labute approximate surface area is 175 Å². The average Bonchev–Trinajstić information content (AvgIpc) is 3.57. The lowest BCUT2D eigenvalue weighted by molar-refractivity contribution is -0.140. The number of hydrogen-bond acceptors (Lipinski definition) is 4. The maximum absolute atomic E-state index is 12.9. The molecule has 2 saturated carbocycles. The van der Waals surface area contributed by atoms with E-state index in [0.717, 1.165) is 28.3 Å². The zero-order valence-corrected chi connectivity index (χ0v) is 16.4. The SMILES string of the molecule is O=C1[C@@H]2[C@@H]3C=C[C@H]([C@@H]4C[C@H]34)[C@@H]2C(=O)N1/N=C\c1ccc(OCc2ccccc2)cc1. The van der Waals surface area contributed by atoms with E-state index in [1.54, 1.807) is 6.21 Å². The highest BCUT2D eigenvalue weighted by atomic mass is 16.5. The second-order valence-corrected chi connectivity index (χ2v) is 8.73. The van der Waals surface area contributed by atoms with Gasteiger partial charge in [0.25, 0.3) is 11.8 Å². The number of nitrogens with zero attached hydrogens (tertiary/aromatic N) is 2. The number of allylic oxidation sites excluding steroid dienone is 2. The van der Waals surface area contributed by atoms with Gasteiger partial charge in [0.05, 0.1) is 18.1 Å². The van der Waals surface area contributed by atoms with E-state index in [-0.39, 0.29) is 35.5 Å². The first-order valence-corrected chi connectivity index (χ1v) is 10.6. The highest BCUT2D eigenvalue weighted by molar-refractivity contribution is 6.06. The summed E-state index contributed by atoms with van der Waals surface area (Å²) >= 11 is 0. The van der Waals surface area contributed by atoms with Crippen molar-refractivity contribution in [2.75, 3.05) is 0 Å². The maximum atomic E-state index is 12.9. The number of ether oxygens (including phenoxy) is 1. The van der Waals surface area contributed by atoms with Gasteiger partial charge in [0, 0.05) is 0 Å². The summed E-state index contributed by atoms with van der Waals surface area (Å²) in [6, 6.07) is 17.5. The molecule has 5 aliphatic rings. The molecule has 7 rings (SSSR count). The van der Waals surface area contributed by atoms with Crippen LogP contribution in [0.15, 0.2) is 71.9 Å². The van der Waals surface area contributed by atoms with Crippen molar-refractivity contribution >= 4 is 18.0 Å². The van der Waals surface area contributed by atoms with Crippen LogP contribution in [0, 0.1) is 35.5 Å². The molecule has 0 radical (unpaired) electrons. The molecule has 1 aliphatic heterocycles. The molecule has 5 heteroatoms. The Balaban J connectivity index is 1.13. The van der Waals surface area contributed by atoms with Crippen LogP contribution in [0.2, 0.25) is 0 Å². The van der Waals surface area contributed by atoms with E-state index in [9.17, 15) is 9.59 Å². The molecule has 2 amide bonds. The third kappa shape index (κ3) is 2.72. The minimum absolute atomic E-state index is 0.131. The van der Waals surface area contributed by atoms with Gasteiger partial charge in [-0.2, -0.15) is 10.1 Å². The third-order valence-corrected chi connectivity index (χ3v) is 7.09. The van der Waals surface area contributed by atoms with Crippen molar-refractivity contribution < 1.29 is 14.3 Å². The van der Waals surface area contributed by atoms with Gasteiger partial charge in [-0.25, -0.2) is 0 Å². The van der Waals surface area contributed by atoms with Crippen LogP contribution >= 0.6 is 0 Å². The number of benzene rings is 2. The predicted octanol–water partition coefficient (Wildman–Crippen LogP) is 3.65. The fourth-order valence-electron chi connectivity index (χ4n) is 5.57. The van der Waals surface area contributed by atoms with Crippen molar-refractivity contribution in [2.24, 2.45) is 40.6 Å². The Kier molecular flexibility index (Phi) is 3.91. The molecule has 2 aromatic rings. The van der Waals surface area contributed by atoms with Gasteiger partial charge in [-0.05, 0) is 65.5 Å². The highest BCUT2D eigenvalue weighted by Gasteiger charge is 2.67. The maximum Gasteiger partial charge on any atom is 0.254 e. The summed E-state index contributed by atoms with van der Waals surface area (Å²) in [6.45, 7) is 0.506. The molecule has 5 nitrogen and oxygen atoms in total. The van der Waals surface area contributed by atoms with E-state index in [1.807, 2.05) is 54.6 Å². The Hall–Kier alpha value is -3.21. The molecule has 0 spiro atoms. The smallest absolute Gasteiger partial charge is 0.254 e. The van der Waals surface area contributed by atoms with Gasteiger partial charge in [-0.1, -0.05) is 42.5 Å². The van der Waals surface area contributed by atoms with Crippen LogP contribution in [0.5, 0.6) is 5.75 Å². The monoisotopic (exact) mass is 398 g/mol. The normalized spacial score (nSPS) is 33.1. The molecule has 4 aliphatic carbocycles. The fourth-order valence-corrected chi connectivity index (χ4v) is 5.57. The zero-order valence-electron chi connectivity index (χ0n) is 16.4. The number of carbonyl (C=O) groups is 2. The molecule has 30 heavy (non-hydrogen) atoms. The summed E-state index contributed by atoms with van der Waals surface area (Å²) < 4.78 is 5.80. The van der Waals surface area contributed by atoms with Crippen LogP contribution in [0.1, 0.15) is 17.5 Å². The van der Waals surface area contributed by atoms with Gasteiger partial charge in [-0.15, -0.1) is 0 Å². The van der Waals surface area contributed by atoms with Crippen molar-refractivity contribution in [1.29, 1.82) is 0 Å². The zero-order chi connectivity index (χ0) is 20.2. The lowest BCUT2D eigenvalue weighted by Crippen LogP contribution is -2.40. The van der Waals surface area contributed by atoms with Crippen molar-refractivity contribution in [2.45, 2.75) is 13.0 Å². The molecular formula is C25H22N2O3. The van der Waals surface area contributed by atoms with Gasteiger partial charge in [0.2, 0.25) is 0 Å². The number of carbonyl (C=O) groups excluding carboxylic acids is 2. The van der Waals surface area contributed by atoms with Gasteiger partial charge in [0.1, 0.15) is 12.4 Å². The van der Waals surface area contributed by atoms with Crippen LogP contribution < -0.4 is 4.74 Å². The second-order valence-electron chi connectivity index (χ2n) is 8.73. The van der Waals surface area contributed by atoms with E-state index >= 15 is 0 Å². The van der Waals surface area contributed by atoms with E-state index in [4.69, 9.17) is 4.74 Å². The van der Waals surface area contributed by atoms with Crippen molar-refractivity contribution in [3.8, 4) is 5.75 Å². The Bertz CT molecular complexity index is 1020. The molecule has 6 atom stereocenters. The van der Waals surface area contributed by atoms with Crippen molar-refractivity contribution in [3.05, 3.63) is 77.9 Å². The minimum atomic E-state index is -0.206. The summed E-state index contributed by atoms with van der Waals surface area (Å²) in [7, 11) is 0. The van der Waals surface area contributed by atoms with Gasteiger partial charge in [-0.3, -0.25) is 9.59 Å². The van der Waals surface area contributed by atoms with E-state index < -0.39 is 0 Å². The van der Waals surface area contributed by atoms with E-state index in [2.05, 4.69) is 17.3 Å². The molecule has 1 saturated heterocycles. The molecule has 3 fully saturated rings. The summed E-state index contributed by atoms with van der Waals surface area (Å²) in [5.74, 6) is 1.74. The third-order valence-electron chi connectivity index (χ3n) is 7.09. The number of rotatable bonds is 5. The number of hydrogen-bond donors (Lipinski definition) is 0. The lowest BCUT2D eigenvalue weighted by atomic mass is 9.63.